The second kappa shape index (κ2) is 7.00. The number of carbonyl (C=O) groups excluding carboxylic acids is 1. The van der Waals surface area contributed by atoms with Crippen LogP contribution in [-0.4, -0.2) is 13.1 Å². The molecule has 0 spiro atoms. The maximum atomic E-state index is 12.1. The van der Waals surface area contributed by atoms with Crippen LogP contribution in [0.1, 0.15) is 38.2 Å². The van der Waals surface area contributed by atoms with Crippen molar-refractivity contribution in [1.29, 1.82) is 0 Å². The van der Waals surface area contributed by atoms with E-state index in [1.54, 1.807) is 0 Å². The molecule has 0 bridgehead atoms. The number of ether oxygens (including phenoxy) is 1. The van der Waals surface area contributed by atoms with E-state index in [4.69, 9.17) is 4.74 Å². The minimum absolute atomic E-state index is 0.160. The molecule has 0 heterocycles. The summed E-state index contributed by atoms with van der Waals surface area (Å²) in [7, 11) is 1.45. The van der Waals surface area contributed by atoms with Gasteiger partial charge in [-0.05, 0) is 31.7 Å². The van der Waals surface area contributed by atoms with E-state index in [2.05, 4.69) is 6.58 Å². The third-order valence-electron chi connectivity index (χ3n) is 3.38. The molecule has 1 unspecified atom stereocenters. The predicted octanol–water partition coefficient (Wildman–Crippen LogP) is 3.86. The lowest BCUT2D eigenvalue weighted by atomic mass is 9.78. The Hall–Kier alpha value is -1.57. The van der Waals surface area contributed by atoms with Crippen LogP contribution in [0.2, 0.25) is 0 Å². The molecule has 2 heteroatoms. The van der Waals surface area contributed by atoms with Crippen molar-refractivity contribution in [1.82, 2.24) is 0 Å². The molecule has 98 valence electrons. The van der Waals surface area contributed by atoms with Gasteiger partial charge in [-0.1, -0.05) is 42.8 Å². The Morgan fingerprint density at radius 3 is 2.56 bits per heavy atom. The molecule has 0 fully saturated rings. The van der Waals surface area contributed by atoms with Crippen molar-refractivity contribution in [3.8, 4) is 0 Å². The highest BCUT2D eigenvalue weighted by molar-refractivity contribution is 5.82. The van der Waals surface area contributed by atoms with Crippen LogP contribution in [0, 0.1) is 0 Å². The quantitative estimate of drug-likeness (QED) is 0.415. The maximum absolute atomic E-state index is 12.1. The third kappa shape index (κ3) is 3.46. The van der Waals surface area contributed by atoms with Crippen LogP contribution < -0.4 is 0 Å². The Morgan fingerprint density at radius 2 is 2.00 bits per heavy atom. The molecule has 0 saturated heterocycles. The number of hydrogen-bond donors (Lipinski definition) is 0. The van der Waals surface area contributed by atoms with Gasteiger partial charge >= 0.3 is 5.97 Å². The highest BCUT2D eigenvalue weighted by Crippen LogP contribution is 2.31. The Bertz CT molecular complexity index is 383. The molecule has 1 atom stereocenters. The first-order valence-corrected chi connectivity index (χ1v) is 6.40. The van der Waals surface area contributed by atoms with Crippen LogP contribution in [0.25, 0.3) is 0 Å². The predicted molar refractivity (Wildman–Crippen MR) is 74.5 cm³/mol. The second-order valence-electron chi connectivity index (χ2n) is 4.72. The van der Waals surface area contributed by atoms with E-state index >= 15 is 0 Å². The Kier molecular flexibility index (Phi) is 5.63. The summed E-state index contributed by atoms with van der Waals surface area (Å²) in [5.41, 5.74) is 0.479. The molecule has 0 radical (unpaired) electrons. The summed E-state index contributed by atoms with van der Waals surface area (Å²) in [6.45, 7) is 5.67. The molecule has 18 heavy (non-hydrogen) atoms. The van der Waals surface area contributed by atoms with Crippen LogP contribution in [0.3, 0.4) is 0 Å². The topological polar surface area (TPSA) is 26.3 Å². The summed E-state index contributed by atoms with van der Waals surface area (Å²) in [5, 5.41) is 0. The first-order chi connectivity index (χ1) is 8.65. The Morgan fingerprint density at radius 1 is 1.33 bits per heavy atom. The number of hydrogen-bond acceptors (Lipinski definition) is 2. The molecule has 0 aliphatic carbocycles. The van der Waals surface area contributed by atoms with Crippen LogP contribution >= 0.6 is 0 Å². The van der Waals surface area contributed by atoms with E-state index in [1.165, 1.54) is 7.11 Å². The van der Waals surface area contributed by atoms with E-state index in [0.29, 0.717) is 0 Å². The summed E-state index contributed by atoms with van der Waals surface area (Å²) in [6, 6.07) is 9.86. The van der Waals surface area contributed by atoms with Gasteiger partial charge in [0.1, 0.15) is 0 Å². The fraction of sp³-hybridized carbons (Fsp3) is 0.438. The molecule has 0 N–H and O–H groups in total. The van der Waals surface area contributed by atoms with Crippen molar-refractivity contribution in [2.75, 3.05) is 7.11 Å². The average Bonchev–Trinajstić information content (AvgIpc) is 2.43. The molecule has 0 aliphatic heterocycles. The van der Waals surface area contributed by atoms with Gasteiger partial charge in [0, 0.05) is 0 Å². The van der Waals surface area contributed by atoms with Crippen molar-refractivity contribution < 1.29 is 9.53 Å². The normalized spacial score (nSPS) is 13.7. The first kappa shape index (κ1) is 14.5. The lowest BCUT2D eigenvalue weighted by molar-refractivity contribution is -0.147. The summed E-state index contributed by atoms with van der Waals surface area (Å²) in [5.74, 6) is -0.160. The zero-order valence-electron chi connectivity index (χ0n) is 11.3. The SMILES string of the molecule is C=CCCCCC(C)(C(=O)OC)c1ccccc1. The van der Waals surface area contributed by atoms with E-state index in [0.717, 1.165) is 31.2 Å². The van der Waals surface area contributed by atoms with Crippen molar-refractivity contribution in [2.24, 2.45) is 0 Å². The van der Waals surface area contributed by atoms with Crippen molar-refractivity contribution in [2.45, 2.75) is 38.0 Å². The number of benzene rings is 1. The van der Waals surface area contributed by atoms with Gasteiger partial charge < -0.3 is 4.74 Å². The first-order valence-electron chi connectivity index (χ1n) is 6.40. The molecule has 0 saturated carbocycles. The molecule has 0 aliphatic rings. The van der Waals surface area contributed by atoms with E-state index < -0.39 is 5.41 Å². The molecule has 1 aromatic carbocycles. The summed E-state index contributed by atoms with van der Waals surface area (Å²) in [4.78, 5) is 12.1. The van der Waals surface area contributed by atoms with Gasteiger partial charge in [0.2, 0.25) is 0 Å². The number of esters is 1. The highest BCUT2D eigenvalue weighted by Gasteiger charge is 2.35. The van der Waals surface area contributed by atoms with E-state index in [9.17, 15) is 4.79 Å². The van der Waals surface area contributed by atoms with Crippen molar-refractivity contribution in [3.63, 3.8) is 0 Å². The molecule has 2 nitrogen and oxygen atoms in total. The van der Waals surface area contributed by atoms with E-state index in [-0.39, 0.29) is 5.97 Å². The van der Waals surface area contributed by atoms with Gasteiger partial charge in [-0.2, -0.15) is 0 Å². The maximum Gasteiger partial charge on any atom is 0.315 e. The lowest BCUT2D eigenvalue weighted by Gasteiger charge is -2.27. The Balaban J connectivity index is 2.82. The van der Waals surface area contributed by atoms with Gasteiger partial charge in [-0.15, -0.1) is 6.58 Å². The van der Waals surface area contributed by atoms with Gasteiger partial charge in [0.05, 0.1) is 12.5 Å². The number of carbonyl (C=O) groups is 1. The number of methoxy groups -OCH3 is 1. The van der Waals surface area contributed by atoms with Crippen LogP contribution in [0.4, 0.5) is 0 Å². The minimum Gasteiger partial charge on any atom is -0.468 e. The monoisotopic (exact) mass is 246 g/mol. The summed E-state index contributed by atoms with van der Waals surface area (Å²) >= 11 is 0. The van der Waals surface area contributed by atoms with Gasteiger partial charge in [0.15, 0.2) is 0 Å². The fourth-order valence-corrected chi connectivity index (χ4v) is 2.16. The van der Waals surface area contributed by atoms with E-state index in [1.807, 2.05) is 43.3 Å². The zero-order valence-corrected chi connectivity index (χ0v) is 11.3. The average molecular weight is 246 g/mol. The van der Waals surface area contributed by atoms with Gasteiger partial charge in [-0.25, -0.2) is 0 Å². The largest absolute Gasteiger partial charge is 0.468 e. The molecule has 1 rings (SSSR count). The standard InChI is InChI=1S/C16H22O2/c1-4-5-6-10-13-16(2,15(17)18-3)14-11-8-7-9-12-14/h4,7-9,11-12H,1,5-6,10,13H2,2-3H3. The zero-order chi connectivity index (χ0) is 13.4. The second-order valence-corrected chi connectivity index (χ2v) is 4.72. The van der Waals surface area contributed by atoms with Crippen LogP contribution in [-0.2, 0) is 14.9 Å². The molecule has 1 aromatic rings. The molecule has 0 aromatic heterocycles. The fourth-order valence-electron chi connectivity index (χ4n) is 2.16. The number of allylic oxidation sites excluding steroid dienone is 1. The van der Waals surface area contributed by atoms with Crippen molar-refractivity contribution in [3.05, 3.63) is 48.6 Å². The Labute approximate surface area is 110 Å². The van der Waals surface area contributed by atoms with Crippen molar-refractivity contribution >= 4 is 5.97 Å². The van der Waals surface area contributed by atoms with Gasteiger partial charge in [-0.3, -0.25) is 4.79 Å². The molecular weight excluding hydrogens is 224 g/mol. The van der Waals surface area contributed by atoms with Crippen LogP contribution in [0.5, 0.6) is 0 Å². The van der Waals surface area contributed by atoms with Gasteiger partial charge in [0.25, 0.3) is 0 Å². The molecule has 0 amide bonds. The lowest BCUT2D eigenvalue weighted by Crippen LogP contribution is -2.33. The summed E-state index contributed by atoms with van der Waals surface area (Å²) in [6.07, 6.45) is 5.76. The number of rotatable bonds is 7. The third-order valence-corrected chi connectivity index (χ3v) is 3.38. The van der Waals surface area contributed by atoms with Crippen LogP contribution in [0.15, 0.2) is 43.0 Å². The smallest absolute Gasteiger partial charge is 0.315 e. The highest BCUT2D eigenvalue weighted by atomic mass is 16.5. The number of unbranched alkanes of at least 4 members (excludes halogenated alkanes) is 2. The molecular formula is C16H22O2. The minimum atomic E-state index is -0.544. The summed E-state index contributed by atoms with van der Waals surface area (Å²) < 4.78 is 4.97.